The van der Waals surface area contributed by atoms with Gasteiger partial charge in [0.2, 0.25) is 0 Å². The molecule has 3 heteroatoms. The number of rotatable bonds is 3. The highest BCUT2D eigenvalue weighted by Crippen LogP contribution is 2.52. The molecule has 3 aliphatic carbocycles. The summed E-state index contributed by atoms with van der Waals surface area (Å²) in [6, 6.07) is 11.3. The summed E-state index contributed by atoms with van der Waals surface area (Å²) in [5.74, 6) is 1.50. The van der Waals surface area contributed by atoms with Gasteiger partial charge in [-0.25, -0.2) is 0 Å². The maximum absolute atomic E-state index is 11.4. The Labute approximate surface area is 127 Å². The molecule has 4 rings (SSSR count). The van der Waals surface area contributed by atoms with Crippen LogP contribution in [0.25, 0.3) is 0 Å². The van der Waals surface area contributed by atoms with Gasteiger partial charge in [-0.2, -0.15) is 0 Å². The fourth-order valence-corrected chi connectivity index (χ4v) is 4.64. The van der Waals surface area contributed by atoms with Crippen LogP contribution in [0.2, 0.25) is 0 Å². The van der Waals surface area contributed by atoms with E-state index in [2.05, 4.69) is 49.3 Å². The van der Waals surface area contributed by atoms with Crippen molar-refractivity contribution in [3.8, 4) is 0 Å². The van der Waals surface area contributed by atoms with Gasteiger partial charge >= 0.3 is 5.97 Å². The predicted octanol–water partition coefficient (Wildman–Crippen LogP) is 3.06. The molecular weight excluding hydrogens is 262 g/mol. The predicted molar refractivity (Wildman–Crippen MR) is 83.0 cm³/mol. The summed E-state index contributed by atoms with van der Waals surface area (Å²) < 4.78 is 5.62. The minimum atomic E-state index is -0.138. The van der Waals surface area contributed by atoms with Gasteiger partial charge in [0.05, 0.1) is 0 Å². The van der Waals surface area contributed by atoms with Crippen molar-refractivity contribution in [3.63, 3.8) is 0 Å². The Morgan fingerprint density at radius 3 is 2.52 bits per heavy atom. The minimum absolute atomic E-state index is 0.105. The van der Waals surface area contributed by atoms with Crippen LogP contribution in [0.15, 0.2) is 30.3 Å². The number of ether oxygens (including phenoxy) is 1. The Kier molecular flexibility index (Phi) is 4.03. The third kappa shape index (κ3) is 2.71. The van der Waals surface area contributed by atoms with Crippen LogP contribution >= 0.6 is 0 Å². The molecule has 1 aromatic rings. The van der Waals surface area contributed by atoms with Crippen LogP contribution in [-0.2, 0) is 9.53 Å². The molecule has 0 aromatic heterocycles. The first-order valence-corrected chi connectivity index (χ1v) is 7.96. The van der Waals surface area contributed by atoms with Gasteiger partial charge < -0.3 is 9.64 Å². The molecule has 3 saturated carbocycles. The van der Waals surface area contributed by atoms with Gasteiger partial charge in [-0.1, -0.05) is 30.3 Å². The zero-order valence-electron chi connectivity index (χ0n) is 13.2. The first kappa shape index (κ1) is 14.6. The van der Waals surface area contributed by atoms with Crippen molar-refractivity contribution in [2.24, 2.45) is 11.8 Å². The molecule has 3 fully saturated rings. The zero-order chi connectivity index (χ0) is 15.0. The summed E-state index contributed by atoms with van der Waals surface area (Å²) in [5.41, 5.74) is 1.44. The highest BCUT2D eigenvalue weighted by molar-refractivity contribution is 5.66. The molecule has 5 atom stereocenters. The number of esters is 1. The standard InChI is InChI=1S/C18H25NO2/c1-12(20)21-16-11-14-9-10-15(16)18(19(2)3)17(14)13-7-5-4-6-8-13/h4-8,14-18H,9-11H2,1-3H3/t14-,15+,16+,17-,18-/m1/s1. The Hall–Kier alpha value is -1.35. The fraction of sp³-hybridized carbons (Fsp3) is 0.611. The van der Waals surface area contributed by atoms with Crippen LogP contribution in [0.1, 0.15) is 37.7 Å². The molecule has 0 unspecified atom stereocenters. The quantitative estimate of drug-likeness (QED) is 0.800. The van der Waals surface area contributed by atoms with E-state index in [4.69, 9.17) is 4.74 Å². The zero-order valence-corrected chi connectivity index (χ0v) is 13.2. The van der Waals surface area contributed by atoms with Crippen molar-refractivity contribution < 1.29 is 9.53 Å². The number of carbonyl (C=O) groups is 1. The van der Waals surface area contributed by atoms with Gasteiger partial charge in [-0.15, -0.1) is 0 Å². The van der Waals surface area contributed by atoms with Gasteiger partial charge in [0.15, 0.2) is 0 Å². The van der Waals surface area contributed by atoms with Gasteiger partial charge in [0.25, 0.3) is 0 Å². The highest BCUT2D eigenvalue weighted by atomic mass is 16.5. The minimum Gasteiger partial charge on any atom is -0.462 e. The molecule has 3 aliphatic rings. The van der Waals surface area contributed by atoms with Gasteiger partial charge in [-0.3, -0.25) is 4.79 Å². The van der Waals surface area contributed by atoms with E-state index in [0.717, 1.165) is 6.42 Å². The third-order valence-electron chi connectivity index (χ3n) is 5.30. The lowest BCUT2D eigenvalue weighted by atomic mass is 9.58. The van der Waals surface area contributed by atoms with Crippen molar-refractivity contribution in [1.29, 1.82) is 0 Å². The van der Waals surface area contributed by atoms with Crippen LogP contribution < -0.4 is 0 Å². The third-order valence-corrected chi connectivity index (χ3v) is 5.30. The number of likely N-dealkylation sites (N-methyl/N-ethyl adjacent to an activating group) is 1. The molecule has 114 valence electrons. The normalized spacial score (nSPS) is 35.0. The van der Waals surface area contributed by atoms with Crippen molar-refractivity contribution in [1.82, 2.24) is 4.90 Å². The molecule has 0 heterocycles. The molecule has 0 aliphatic heterocycles. The topological polar surface area (TPSA) is 29.5 Å². The largest absolute Gasteiger partial charge is 0.462 e. The average Bonchev–Trinajstić information content (AvgIpc) is 2.47. The SMILES string of the molecule is CC(=O)O[C@H]1C[C@H]2CC[C@@H]1[C@@H](N(C)C)[C@@H]2c1ccccc1. The molecule has 0 amide bonds. The number of hydrogen-bond donors (Lipinski definition) is 0. The molecule has 3 nitrogen and oxygen atoms in total. The second kappa shape index (κ2) is 5.80. The van der Waals surface area contributed by atoms with E-state index in [9.17, 15) is 4.79 Å². The summed E-state index contributed by atoms with van der Waals surface area (Å²) in [7, 11) is 4.32. The molecule has 2 bridgehead atoms. The van der Waals surface area contributed by atoms with Crippen molar-refractivity contribution in [3.05, 3.63) is 35.9 Å². The number of hydrogen-bond acceptors (Lipinski definition) is 3. The first-order chi connectivity index (χ1) is 10.1. The van der Waals surface area contributed by atoms with Crippen LogP contribution in [0.4, 0.5) is 0 Å². The Balaban J connectivity index is 1.91. The Morgan fingerprint density at radius 2 is 1.90 bits per heavy atom. The molecule has 0 radical (unpaired) electrons. The van der Waals surface area contributed by atoms with Crippen LogP contribution in [-0.4, -0.2) is 37.1 Å². The lowest BCUT2D eigenvalue weighted by Crippen LogP contribution is -2.56. The van der Waals surface area contributed by atoms with Gasteiger partial charge in [-0.05, 0) is 44.8 Å². The Bertz CT molecular complexity index is 499. The highest BCUT2D eigenvalue weighted by Gasteiger charge is 2.51. The smallest absolute Gasteiger partial charge is 0.302 e. The van der Waals surface area contributed by atoms with E-state index in [1.54, 1.807) is 0 Å². The maximum Gasteiger partial charge on any atom is 0.302 e. The second-order valence-electron chi connectivity index (χ2n) is 6.78. The van der Waals surface area contributed by atoms with Crippen molar-refractivity contribution in [2.75, 3.05) is 14.1 Å². The molecule has 0 saturated heterocycles. The Morgan fingerprint density at radius 1 is 1.19 bits per heavy atom. The van der Waals surface area contributed by atoms with E-state index < -0.39 is 0 Å². The van der Waals surface area contributed by atoms with E-state index in [0.29, 0.717) is 23.8 Å². The summed E-state index contributed by atoms with van der Waals surface area (Å²) in [5, 5.41) is 0. The summed E-state index contributed by atoms with van der Waals surface area (Å²) in [6.07, 6.45) is 3.56. The average molecular weight is 287 g/mol. The fourth-order valence-electron chi connectivity index (χ4n) is 4.64. The molecule has 0 N–H and O–H groups in total. The lowest BCUT2D eigenvalue weighted by Gasteiger charge is -2.54. The van der Waals surface area contributed by atoms with E-state index in [-0.39, 0.29) is 12.1 Å². The molecule has 21 heavy (non-hydrogen) atoms. The number of fused-ring (bicyclic) bond motifs is 3. The number of carbonyl (C=O) groups excluding carboxylic acids is 1. The lowest BCUT2D eigenvalue weighted by molar-refractivity contribution is -0.160. The first-order valence-electron chi connectivity index (χ1n) is 7.96. The number of benzene rings is 1. The van der Waals surface area contributed by atoms with E-state index >= 15 is 0 Å². The van der Waals surface area contributed by atoms with Crippen LogP contribution in [0.3, 0.4) is 0 Å². The second-order valence-corrected chi connectivity index (χ2v) is 6.78. The van der Waals surface area contributed by atoms with Crippen LogP contribution in [0, 0.1) is 11.8 Å². The molecule has 0 spiro atoms. The monoisotopic (exact) mass is 287 g/mol. The molecular formula is C18H25NO2. The van der Waals surface area contributed by atoms with Crippen molar-refractivity contribution >= 4 is 5.97 Å². The van der Waals surface area contributed by atoms with E-state index in [1.807, 2.05) is 0 Å². The maximum atomic E-state index is 11.4. The van der Waals surface area contributed by atoms with Crippen molar-refractivity contribution in [2.45, 2.75) is 44.2 Å². The van der Waals surface area contributed by atoms with Gasteiger partial charge in [0.1, 0.15) is 6.10 Å². The van der Waals surface area contributed by atoms with Gasteiger partial charge in [0, 0.05) is 24.8 Å². The van der Waals surface area contributed by atoms with Crippen LogP contribution in [0.5, 0.6) is 0 Å². The number of nitrogens with zero attached hydrogens (tertiary/aromatic N) is 1. The van der Waals surface area contributed by atoms with E-state index in [1.165, 1.54) is 25.3 Å². The summed E-state index contributed by atoms with van der Waals surface area (Å²) in [6.45, 7) is 1.53. The summed E-state index contributed by atoms with van der Waals surface area (Å²) in [4.78, 5) is 13.7. The summed E-state index contributed by atoms with van der Waals surface area (Å²) >= 11 is 0. The molecule has 1 aromatic carbocycles.